The molecule has 0 unspecified atom stereocenters. The van der Waals surface area contributed by atoms with Gasteiger partial charge in [0.05, 0.1) is 6.54 Å². The summed E-state index contributed by atoms with van der Waals surface area (Å²) in [6, 6.07) is 0. The van der Waals surface area contributed by atoms with Gasteiger partial charge in [0.25, 0.3) is 6.29 Å². The van der Waals surface area contributed by atoms with E-state index >= 15 is 0 Å². The Bertz CT molecular complexity index is 262. The molecule has 0 saturated heterocycles. The maximum atomic E-state index is 11.1. The van der Waals surface area contributed by atoms with Crippen molar-refractivity contribution in [2.75, 3.05) is 19.6 Å². The van der Waals surface area contributed by atoms with Crippen LogP contribution in [0.1, 0.15) is 13.8 Å². The van der Waals surface area contributed by atoms with E-state index in [9.17, 15) is 9.59 Å². The van der Waals surface area contributed by atoms with E-state index in [0.717, 1.165) is 25.2 Å². The van der Waals surface area contributed by atoms with E-state index in [4.69, 9.17) is 9.47 Å². The fraction of sp³-hybridized carbons (Fsp3) is 0.500. The molecular formula is C12H19NO4. The van der Waals surface area contributed by atoms with Crippen molar-refractivity contribution in [1.82, 2.24) is 4.90 Å². The maximum absolute atomic E-state index is 11.1. The summed E-state index contributed by atoms with van der Waals surface area (Å²) in [7, 11) is 0. The lowest BCUT2D eigenvalue weighted by molar-refractivity contribution is -0.183. The van der Waals surface area contributed by atoms with Gasteiger partial charge < -0.3 is 9.47 Å². The minimum Gasteiger partial charge on any atom is -0.421 e. The standard InChI is InChI=1S/C12H19NO4/c1-5-10(14)16-12(17-11(15)6-2)9-13(7-3)8-4/h5-6,12H,1-2,7-9H2,3-4H3. The highest BCUT2D eigenvalue weighted by Crippen LogP contribution is 2.02. The molecule has 0 bridgehead atoms. The molecular weight excluding hydrogens is 222 g/mol. The number of carbonyl (C=O) groups excluding carboxylic acids is 2. The molecule has 0 saturated carbocycles. The van der Waals surface area contributed by atoms with E-state index in [1.165, 1.54) is 0 Å². The summed E-state index contributed by atoms with van der Waals surface area (Å²) in [4.78, 5) is 24.1. The van der Waals surface area contributed by atoms with Crippen molar-refractivity contribution in [2.24, 2.45) is 0 Å². The Kier molecular flexibility index (Phi) is 7.71. The molecule has 96 valence electrons. The van der Waals surface area contributed by atoms with Gasteiger partial charge in [-0.1, -0.05) is 27.0 Å². The molecule has 0 spiro atoms. The van der Waals surface area contributed by atoms with Gasteiger partial charge in [-0.15, -0.1) is 0 Å². The topological polar surface area (TPSA) is 55.8 Å². The average molecular weight is 241 g/mol. The number of hydrogen-bond acceptors (Lipinski definition) is 5. The highest BCUT2D eigenvalue weighted by molar-refractivity contribution is 5.83. The largest absolute Gasteiger partial charge is 0.421 e. The Hall–Kier alpha value is -1.62. The van der Waals surface area contributed by atoms with Gasteiger partial charge in [-0.05, 0) is 13.1 Å². The highest BCUT2D eigenvalue weighted by Gasteiger charge is 2.19. The van der Waals surface area contributed by atoms with Crippen molar-refractivity contribution in [1.29, 1.82) is 0 Å². The van der Waals surface area contributed by atoms with Gasteiger partial charge in [-0.25, -0.2) is 9.59 Å². The quantitative estimate of drug-likeness (QED) is 0.362. The monoisotopic (exact) mass is 241 g/mol. The van der Waals surface area contributed by atoms with Crippen molar-refractivity contribution in [3.05, 3.63) is 25.3 Å². The SMILES string of the molecule is C=CC(=O)OC(CN(CC)CC)OC(=O)C=C. The number of esters is 2. The molecule has 0 aromatic heterocycles. The predicted octanol–water partition coefficient (Wildman–Crippen LogP) is 1.11. The number of ether oxygens (including phenoxy) is 2. The van der Waals surface area contributed by atoms with Gasteiger partial charge in [0, 0.05) is 12.2 Å². The summed E-state index contributed by atoms with van der Waals surface area (Å²) >= 11 is 0. The van der Waals surface area contributed by atoms with Crippen LogP contribution in [-0.2, 0) is 19.1 Å². The summed E-state index contributed by atoms with van der Waals surface area (Å²) in [6.45, 7) is 12.4. The van der Waals surface area contributed by atoms with Crippen LogP contribution in [0.25, 0.3) is 0 Å². The predicted molar refractivity (Wildman–Crippen MR) is 64.2 cm³/mol. The highest BCUT2D eigenvalue weighted by atomic mass is 16.7. The molecule has 0 aliphatic rings. The summed E-state index contributed by atoms with van der Waals surface area (Å²) in [6.07, 6.45) is 1.11. The van der Waals surface area contributed by atoms with E-state index in [0.29, 0.717) is 6.54 Å². The van der Waals surface area contributed by atoms with Crippen molar-refractivity contribution in [3.8, 4) is 0 Å². The first-order valence-electron chi connectivity index (χ1n) is 5.45. The van der Waals surface area contributed by atoms with Crippen LogP contribution in [0.4, 0.5) is 0 Å². The number of rotatable bonds is 8. The summed E-state index contributed by atoms with van der Waals surface area (Å²) in [5.74, 6) is -1.25. The second-order valence-electron chi connectivity index (χ2n) is 3.20. The van der Waals surface area contributed by atoms with Crippen molar-refractivity contribution < 1.29 is 19.1 Å². The van der Waals surface area contributed by atoms with Gasteiger partial charge >= 0.3 is 11.9 Å². The molecule has 0 fully saturated rings. The Morgan fingerprint density at radius 3 is 1.82 bits per heavy atom. The van der Waals surface area contributed by atoms with Gasteiger partial charge in [0.1, 0.15) is 0 Å². The molecule has 0 rings (SSSR count). The van der Waals surface area contributed by atoms with E-state index in [2.05, 4.69) is 13.2 Å². The van der Waals surface area contributed by atoms with Crippen molar-refractivity contribution in [2.45, 2.75) is 20.1 Å². The normalized spacial score (nSPS) is 10.1. The smallest absolute Gasteiger partial charge is 0.333 e. The molecule has 5 heteroatoms. The van der Waals surface area contributed by atoms with Crippen LogP contribution in [0.15, 0.2) is 25.3 Å². The second-order valence-corrected chi connectivity index (χ2v) is 3.20. The molecule has 0 amide bonds. The molecule has 0 radical (unpaired) electrons. The average Bonchev–Trinajstić information content (AvgIpc) is 2.34. The number of hydrogen-bond donors (Lipinski definition) is 0. The van der Waals surface area contributed by atoms with Gasteiger partial charge in [-0.2, -0.15) is 0 Å². The first-order chi connectivity index (χ1) is 8.07. The molecule has 0 aliphatic heterocycles. The molecule has 0 aromatic carbocycles. The Morgan fingerprint density at radius 1 is 1.12 bits per heavy atom. The summed E-state index contributed by atoms with van der Waals surface area (Å²) in [5, 5.41) is 0. The number of nitrogens with zero attached hydrogens (tertiary/aromatic N) is 1. The zero-order chi connectivity index (χ0) is 13.3. The summed E-state index contributed by atoms with van der Waals surface area (Å²) < 4.78 is 9.83. The van der Waals surface area contributed by atoms with Crippen LogP contribution in [-0.4, -0.2) is 42.8 Å². The van der Waals surface area contributed by atoms with Crippen LogP contribution in [0.5, 0.6) is 0 Å². The second kappa shape index (κ2) is 8.52. The van der Waals surface area contributed by atoms with E-state index in [1.807, 2.05) is 18.7 Å². The van der Waals surface area contributed by atoms with Crippen molar-refractivity contribution >= 4 is 11.9 Å². The third-order valence-corrected chi connectivity index (χ3v) is 2.13. The molecule has 0 aromatic rings. The fourth-order valence-corrected chi connectivity index (χ4v) is 1.15. The van der Waals surface area contributed by atoms with Crippen molar-refractivity contribution in [3.63, 3.8) is 0 Å². The lowest BCUT2D eigenvalue weighted by Gasteiger charge is -2.24. The van der Waals surface area contributed by atoms with Crippen LogP contribution >= 0.6 is 0 Å². The van der Waals surface area contributed by atoms with E-state index in [-0.39, 0.29) is 0 Å². The molecule has 0 aliphatic carbocycles. The first kappa shape index (κ1) is 15.4. The minimum atomic E-state index is -0.939. The number of carbonyl (C=O) groups is 2. The van der Waals surface area contributed by atoms with Crippen LogP contribution in [0.3, 0.4) is 0 Å². The maximum Gasteiger partial charge on any atom is 0.333 e. The molecule has 0 heterocycles. The molecule has 0 N–H and O–H groups in total. The number of likely N-dealkylation sites (N-methyl/N-ethyl adjacent to an activating group) is 1. The van der Waals surface area contributed by atoms with Crippen LogP contribution in [0, 0.1) is 0 Å². The fourth-order valence-electron chi connectivity index (χ4n) is 1.15. The van der Waals surface area contributed by atoms with Crippen LogP contribution < -0.4 is 0 Å². The Morgan fingerprint density at radius 2 is 1.53 bits per heavy atom. The third kappa shape index (κ3) is 6.52. The minimum absolute atomic E-state index is 0.326. The van der Waals surface area contributed by atoms with E-state index in [1.54, 1.807) is 0 Å². The molecule has 17 heavy (non-hydrogen) atoms. The molecule has 5 nitrogen and oxygen atoms in total. The lowest BCUT2D eigenvalue weighted by Crippen LogP contribution is -2.37. The van der Waals surface area contributed by atoms with Gasteiger partial charge in [0.2, 0.25) is 0 Å². The lowest BCUT2D eigenvalue weighted by atomic mass is 10.4. The molecule has 0 atom stereocenters. The zero-order valence-corrected chi connectivity index (χ0v) is 10.3. The third-order valence-electron chi connectivity index (χ3n) is 2.13. The summed E-state index contributed by atoms with van der Waals surface area (Å²) in [5.41, 5.74) is 0. The van der Waals surface area contributed by atoms with Gasteiger partial charge in [-0.3, -0.25) is 4.90 Å². The first-order valence-corrected chi connectivity index (χ1v) is 5.45. The zero-order valence-electron chi connectivity index (χ0n) is 10.3. The van der Waals surface area contributed by atoms with Crippen LogP contribution in [0.2, 0.25) is 0 Å². The van der Waals surface area contributed by atoms with Gasteiger partial charge in [0.15, 0.2) is 0 Å². The Labute approximate surface area is 102 Å². The Balaban J connectivity index is 4.47. The van der Waals surface area contributed by atoms with E-state index < -0.39 is 18.2 Å².